The number of hydroxylamine groups is 2. The van der Waals surface area contributed by atoms with E-state index in [9.17, 15) is 27.6 Å². The van der Waals surface area contributed by atoms with Gasteiger partial charge in [0, 0.05) is 5.56 Å². The van der Waals surface area contributed by atoms with E-state index in [1.54, 1.807) is 6.07 Å². The number of carbonyl (C=O) groups is 3. The zero-order valence-electron chi connectivity index (χ0n) is 23.2. The predicted octanol–water partition coefficient (Wildman–Crippen LogP) is 5.48. The molecule has 0 aliphatic rings. The molecule has 3 amide bonds. The van der Waals surface area contributed by atoms with Gasteiger partial charge in [-0.3, -0.25) is 19.2 Å². The van der Waals surface area contributed by atoms with Crippen LogP contribution in [0.3, 0.4) is 0 Å². The normalized spacial score (nSPS) is 11.9. The van der Waals surface area contributed by atoms with E-state index in [4.69, 9.17) is 14.0 Å². The van der Waals surface area contributed by atoms with Crippen molar-refractivity contribution in [1.82, 2.24) is 15.7 Å². The Balaban J connectivity index is 1.52. The number of furan rings is 1. The van der Waals surface area contributed by atoms with Crippen LogP contribution in [0.1, 0.15) is 48.7 Å². The number of hydrogen-bond donors (Lipinski definition) is 2. The molecule has 42 heavy (non-hydrogen) atoms. The van der Waals surface area contributed by atoms with Gasteiger partial charge < -0.3 is 19.8 Å². The fourth-order valence-corrected chi connectivity index (χ4v) is 3.98. The highest BCUT2D eigenvalue weighted by molar-refractivity contribution is 5.92. The lowest BCUT2D eigenvalue weighted by atomic mass is 10.0. The monoisotopic (exact) mass is 589 g/mol. The Kier molecular flexibility index (Phi) is 12.4. The number of amides is 3. The van der Waals surface area contributed by atoms with Crippen LogP contribution in [-0.4, -0.2) is 49.3 Å². The maximum absolute atomic E-state index is 13.0. The van der Waals surface area contributed by atoms with Gasteiger partial charge in [-0.1, -0.05) is 68.7 Å². The Morgan fingerprint density at radius 1 is 1.02 bits per heavy atom. The number of benzene rings is 2. The summed E-state index contributed by atoms with van der Waals surface area (Å²) in [4.78, 5) is 42.8. The quantitative estimate of drug-likeness (QED) is 0.0935. The molecule has 0 saturated carbocycles. The maximum atomic E-state index is 13.0. The Bertz CT molecular complexity index is 1280. The molecule has 1 heterocycles. The van der Waals surface area contributed by atoms with E-state index in [1.807, 2.05) is 37.3 Å². The van der Waals surface area contributed by atoms with Gasteiger partial charge in [-0.2, -0.15) is 13.2 Å². The Labute approximate surface area is 241 Å². The largest absolute Gasteiger partial charge is 0.484 e. The molecule has 1 unspecified atom stereocenters. The van der Waals surface area contributed by atoms with Gasteiger partial charge in [-0.05, 0) is 36.2 Å². The van der Waals surface area contributed by atoms with Crippen molar-refractivity contribution in [2.24, 2.45) is 5.92 Å². The van der Waals surface area contributed by atoms with Gasteiger partial charge in [0.25, 0.3) is 5.91 Å². The van der Waals surface area contributed by atoms with Gasteiger partial charge in [0.15, 0.2) is 12.4 Å². The predicted molar refractivity (Wildman–Crippen MR) is 148 cm³/mol. The van der Waals surface area contributed by atoms with Gasteiger partial charge in [-0.15, -0.1) is 0 Å². The van der Waals surface area contributed by atoms with Crippen LogP contribution in [0, 0.1) is 5.92 Å². The summed E-state index contributed by atoms with van der Waals surface area (Å²) in [6.45, 7) is 0.651. The molecule has 12 heteroatoms. The zero-order valence-corrected chi connectivity index (χ0v) is 23.2. The highest BCUT2D eigenvalue weighted by atomic mass is 19.4. The van der Waals surface area contributed by atoms with Crippen molar-refractivity contribution in [3.05, 3.63) is 78.1 Å². The third-order valence-corrected chi connectivity index (χ3v) is 6.15. The van der Waals surface area contributed by atoms with Crippen LogP contribution < -0.4 is 15.4 Å². The first-order chi connectivity index (χ1) is 20.2. The Hall–Kier alpha value is -4.32. The van der Waals surface area contributed by atoms with E-state index in [0.717, 1.165) is 29.9 Å². The summed E-state index contributed by atoms with van der Waals surface area (Å²) in [7, 11) is 0. The maximum Gasteiger partial charge on any atom is 0.422 e. The van der Waals surface area contributed by atoms with Crippen molar-refractivity contribution in [3.8, 4) is 17.1 Å². The lowest BCUT2D eigenvalue weighted by Gasteiger charge is -2.23. The van der Waals surface area contributed by atoms with Gasteiger partial charge >= 0.3 is 6.18 Å². The summed E-state index contributed by atoms with van der Waals surface area (Å²) < 4.78 is 47.7. The van der Waals surface area contributed by atoms with E-state index in [1.165, 1.54) is 30.3 Å². The minimum Gasteiger partial charge on any atom is -0.484 e. The SMILES string of the molecule is CCCCCC(CN(C=O)OCc1ccccc1)C(=O)NCNC(=O)c1ccc(-c2cccc(OCC(F)(F)F)c2)o1. The number of alkyl halides is 3. The molecule has 3 rings (SSSR count). The Morgan fingerprint density at radius 3 is 2.52 bits per heavy atom. The highest BCUT2D eigenvalue weighted by Crippen LogP contribution is 2.27. The van der Waals surface area contributed by atoms with Crippen LogP contribution in [-0.2, 0) is 21.0 Å². The van der Waals surface area contributed by atoms with Crippen LogP contribution in [0.15, 0.2) is 71.1 Å². The Morgan fingerprint density at radius 2 is 1.81 bits per heavy atom. The first-order valence-electron chi connectivity index (χ1n) is 13.5. The summed E-state index contributed by atoms with van der Waals surface area (Å²) in [5.74, 6) is -1.31. The number of carbonyl (C=O) groups excluding carboxylic acids is 3. The molecular weight excluding hydrogens is 555 g/mol. The van der Waals surface area contributed by atoms with Gasteiger partial charge in [0.05, 0.1) is 19.1 Å². The standard InChI is InChI=1S/C30H34F3N3O6/c1-2-3-5-11-24(17-36(21-37)41-18-22-9-6-4-7-10-22)28(38)34-20-35-29(39)27-15-14-26(42-27)23-12-8-13-25(16-23)40-19-30(31,32)33/h4,6-10,12-16,21,24H,2-3,5,11,17-20H2,1H3,(H,34,38)(H,35,39). The molecule has 3 aromatic rings. The number of halogens is 3. The molecule has 0 bridgehead atoms. The summed E-state index contributed by atoms with van der Waals surface area (Å²) in [6, 6.07) is 18.1. The number of nitrogens with zero attached hydrogens (tertiary/aromatic N) is 1. The molecule has 0 radical (unpaired) electrons. The van der Waals surface area contributed by atoms with Crippen LogP contribution in [0.2, 0.25) is 0 Å². The molecule has 1 atom stereocenters. The average molecular weight is 590 g/mol. The summed E-state index contributed by atoms with van der Waals surface area (Å²) in [5, 5.41) is 6.32. The van der Waals surface area contributed by atoms with E-state index < -0.39 is 24.6 Å². The molecule has 1 aromatic heterocycles. The fourth-order valence-electron chi connectivity index (χ4n) is 3.98. The zero-order chi connectivity index (χ0) is 30.4. The smallest absolute Gasteiger partial charge is 0.422 e. The molecule has 0 aliphatic carbocycles. The first-order valence-corrected chi connectivity index (χ1v) is 13.5. The van der Waals surface area contributed by atoms with Crippen molar-refractivity contribution in [3.63, 3.8) is 0 Å². The number of rotatable bonds is 17. The van der Waals surface area contributed by atoms with Crippen LogP contribution in [0.4, 0.5) is 13.2 Å². The van der Waals surface area contributed by atoms with Gasteiger partial charge in [-0.25, -0.2) is 5.06 Å². The third kappa shape index (κ3) is 10.9. The molecule has 9 nitrogen and oxygen atoms in total. The molecule has 226 valence electrons. The van der Waals surface area contributed by atoms with Crippen molar-refractivity contribution in [1.29, 1.82) is 0 Å². The van der Waals surface area contributed by atoms with E-state index in [0.29, 0.717) is 18.4 Å². The molecule has 0 fully saturated rings. The summed E-state index contributed by atoms with van der Waals surface area (Å²) in [6.07, 6.45) is -0.741. The van der Waals surface area contributed by atoms with E-state index in [-0.39, 0.29) is 43.0 Å². The van der Waals surface area contributed by atoms with E-state index >= 15 is 0 Å². The van der Waals surface area contributed by atoms with Crippen LogP contribution in [0.25, 0.3) is 11.3 Å². The van der Waals surface area contributed by atoms with Crippen LogP contribution in [0.5, 0.6) is 5.75 Å². The molecular formula is C30H34F3N3O6. The lowest BCUT2D eigenvalue weighted by molar-refractivity contribution is -0.182. The minimum atomic E-state index is -4.47. The number of unbranched alkanes of at least 4 members (excludes halogenated alkanes) is 2. The summed E-state index contributed by atoms with van der Waals surface area (Å²) in [5.41, 5.74) is 1.30. The van der Waals surface area contributed by atoms with Crippen molar-refractivity contribution >= 4 is 18.2 Å². The number of hydrogen-bond acceptors (Lipinski definition) is 6. The molecule has 2 N–H and O–H groups in total. The average Bonchev–Trinajstić information content (AvgIpc) is 3.48. The molecule has 0 aliphatic heterocycles. The van der Waals surface area contributed by atoms with Crippen molar-refractivity contribution in [2.75, 3.05) is 19.8 Å². The highest BCUT2D eigenvalue weighted by Gasteiger charge is 2.28. The van der Waals surface area contributed by atoms with Gasteiger partial charge in [0.1, 0.15) is 18.1 Å². The fraction of sp³-hybridized carbons (Fsp3) is 0.367. The van der Waals surface area contributed by atoms with Crippen molar-refractivity contribution in [2.45, 2.75) is 45.4 Å². The van der Waals surface area contributed by atoms with Gasteiger partial charge in [0.2, 0.25) is 12.3 Å². The summed E-state index contributed by atoms with van der Waals surface area (Å²) >= 11 is 0. The second-order valence-electron chi connectivity index (χ2n) is 9.48. The topological polar surface area (TPSA) is 110 Å². The second kappa shape index (κ2) is 16.2. The van der Waals surface area contributed by atoms with Crippen molar-refractivity contribution < 1.29 is 41.5 Å². The van der Waals surface area contributed by atoms with E-state index in [2.05, 4.69) is 10.6 Å². The van der Waals surface area contributed by atoms with Crippen LogP contribution >= 0.6 is 0 Å². The molecule has 2 aromatic carbocycles. The third-order valence-electron chi connectivity index (χ3n) is 6.15. The molecule has 0 saturated heterocycles. The lowest BCUT2D eigenvalue weighted by Crippen LogP contribution is -2.43. The molecule has 0 spiro atoms. The minimum absolute atomic E-state index is 0.00189. The number of ether oxygens (including phenoxy) is 1. The number of nitrogens with one attached hydrogen (secondary N) is 2. The first kappa shape index (κ1) is 32.2. The second-order valence-corrected chi connectivity index (χ2v) is 9.48.